The van der Waals surface area contributed by atoms with Gasteiger partial charge in [-0.15, -0.1) is 0 Å². The van der Waals surface area contributed by atoms with E-state index in [9.17, 15) is 0 Å². The molecular formula is C15H21NO. The number of rotatable bonds is 3. The fourth-order valence-electron chi connectivity index (χ4n) is 3.29. The average Bonchev–Trinajstić information content (AvgIpc) is 2.61. The molecule has 1 aromatic carbocycles. The van der Waals surface area contributed by atoms with E-state index in [0.29, 0.717) is 6.10 Å². The Bertz CT molecular complexity index is 350. The molecule has 2 saturated heterocycles. The summed E-state index contributed by atoms with van der Waals surface area (Å²) in [6.45, 7) is 0.772. The molecule has 2 nitrogen and oxygen atoms in total. The maximum atomic E-state index is 6.07. The Balaban J connectivity index is 1.54. The fourth-order valence-corrected chi connectivity index (χ4v) is 3.29. The molecule has 92 valence electrons. The predicted octanol–water partition coefficient (Wildman–Crippen LogP) is 2.83. The lowest BCUT2D eigenvalue weighted by atomic mass is 10.0. The molecule has 2 aliphatic heterocycles. The first-order valence-corrected chi connectivity index (χ1v) is 6.70. The highest BCUT2D eigenvalue weighted by molar-refractivity contribution is 5.13. The molecule has 3 rings (SSSR count). The molecule has 0 aromatic heterocycles. The van der Waals surface area contributed by atoms with Crippen molar-refractivity contribution < 1.29 is 4.74 Å². The summed E-state index contributed by atoms with van der Waals surface area (Å²) in [6.07, 6.45) is 5.65. The number of piperidine rings is 1. The Kier molecular flexibility index (Phi) is 3.17. The molecule has 2 fully saturated rings. The third kappa shape index (κ3) is 2.38. The van der Waals surface area contributed by atoms with Gasteiger partial charge in [-0.05, 0) is 38.3 Å². The van der Waals surface area contributed by atoms with Crippen LogP contribution in [0.2, 0.25) is 0 Å². The van der Waals surface area contributed by atoms with E-state index in [1.807, 2.05) is 0 Å². The lowest BCUT2D eigenvalue weighted by Gasteiger charge is -2.36. The lowest BCUT2D eigenvalue weighted by Crippen LogP contribution is -2.42. The molecular weight excluding hydrogens is 210 g/mol. The number of fused-ring (bicyclic) bond motifs is 2. The highest BCUT2D eigenvalue weighted by Gasteiger charge is 2.38. The number of ether oxygens (including phenoxy) is 1. The van der Waals surface area contributed by atoms with Crippen molar-refractivity contribution in [3.63, 3.8) is 0 Å². The van der Waals surface area contributed by atoms with Gasteiger partial charge in [0.05, 0.1) is 12.7 Å². The van der Waals surface area contributed by atoms with Crippen LogP contribution >= 0.6 is 0 Å². The molecule has 2 unspecified atom stereocenters. The maximum Gasteiger partial charge on any atom is 0.0720 e. The van der Waals surface area contributed by atoms with Crippen LogP contribution < -0.4 is 0 Å². The number of nitrogens with zero attached hydrogens (tertiary/aromatic N) is 1. The van der Waals surface area contributed by atoms with Crippen molar-refractivity contribution in [3.05, 3.63) is 35.9 Å². The Labute approximate surface area is 104 Å². The van der Waals surface area contributed by atoms with Crippen LogP contribution in [0.4, 0.5) is 0 Å². The molecule has 2 bridgehead atoms. The minimum atomic E-state index is 0.476. The summed E-state index contributed by atoms with van der Waals surface area (Å²) in [4.78, 5) is 2.56. The van der Waals surface area contributed by atoms with Gasteiger partial charge in [0.25, 0.3) is 0 Å². The predicted molar refractivity (Wildman–Crippen MR) is 68.8 cm³/mol. The molecule has 2 aliphatic rings. The first kappa shape index (κ1) is 11.2. The second-order valence-electron chi connectivity index (χ2n) is 5.44. The van der Waals surface area contributed by atoms with Crippen molar-refractivity contribution >= 4 is 0 Å². The molecule has 1 aromatic rings. The van der Waals surface area contributed by atoms with E-state index < -0.39 is 0 Å². The highest BCUT2D eigenvalue weighted by atomic mass is 16.5. The van der Waals surface area contributed by atoms with Gasteiger partial charge in [-0.25, -0.2) is 0 Å². The van der Waals surface area contributed by atoms with Gasteiger partial charge in [-0.1, -0.05) is 30.3 Å². The van der Waals surface area contributed by atoms with Gasteiger partial charge in [0.1, 0.15) is 0 Å². The van der Waals surface area contributed by atoms with Gasteiger partial charge in [0.15, 0.2) is 0 Å². The molecule has 0 saturated carbocycles. The lowest BCUT2D eigenvalue weighted by molar-refractivity contribution is -0.0211. The van der Waals surface area contributed by atoms with Crippen LogP contribution in [0.3, 0.4) is 0 Å². The highest BCUT2D eigenvalue weighted by Crippen LogP contribution is 2.35. The molecule has 0 N–H and O–H groups in total. The van der Waals surface area contributed by atoms with Gasteiger partial charge < -0.3 is 9.64 Å². The standard InChI is InChI=1S/C15H21NO/c1-16-13-7-8-14(16)10-15(9-13)17-11-12-5-3-2-4-6-12/h2-6,13-15H,7-11H2,1H3. The van der Waals surface area contributed by atoms with Crippen molar-refractivity contribution in [1.29, 1.82) is 0 Å². The number of hydrogen-bond donors (Lipinski definition) is 0. The van der Waals surface area contributed by atoms with Crippen molar-refractivity contribution in [1.82, 2.24) is 4.90 Å². The minimum absolute atomic E-state index is 0.476. The van der Waals surface area contributed by atoms with Crippen LogP contribution in [-0.4, -0.2) is 30.1 Å². The van der Waals surface area contributed by atoms with E-state index in [-0.39, 0.29) is 0 Å². The third-order valence-electron chi connectivity index (χ3n) is 4.38. The van der Waals surface area contributed by atoms with E-state index in [0.717, 1.165) is 18.7 Å². The van der Waals surface area contributed by atoms with Crippen molar-refractivity contribution in [2.45, 2.75) is 50.5 Å². The number of hydrogen-bond acceptors (Lipinski definition) is 2. The molecule has 0 amide bonds. The Hall–Kier alpha value is -0.860. The van der Waals surface area contributed by atoms with Crippen LogP contribution in [0.15, 0.2) is 30.3 Å². The normalized spacial score (nSPS) is 32.9. The molecule has 0 radical (unpaired) electrons. The van der Waals surface area contributed by atoms with Gasteiger partial charge in [-0.3, -0.25) is 0 Å². The smallest absolute Gasteiger partial charge is 0.0720 e. The fraction of sp³-hybridized carbons (Fsp3) is 0.600. The average molecular weight is 231 g/mol. The zero-order valence-corrected chi connectivity index (χ0v) is 10.5. The van der Waals surface area contributed by atoms with Crippen molar-refractivity contribution in [3.8, 4) is 0 Å². The zero-order valence-electron chi connectivity index (χ0n) is 10.5. The molecule has 17 heavy (non-hydrogen) atoms. The first-order chi connectivity index (χ1) is 8.33. The van der Waals surface area contributed by atoms with Crippen molar-refractivity contribution in [2.75, 3.05) is 7.05 Å². The van der Waals surface area contributed by atoms with Gasteiger partial charge in [0.2, 0.25) is 0 Å². The molecule has 2 heteroatoms. The summed E-state index contributed by atoms with van der Waals surface area (Å²) in [5.74, 6) is 0. The van der Waals surface area contributed by atoms with E-state index in [4.69, 9.17) is 4.74 Å². The second-order valence-corrected chi connectivity index (χ2v) is 5.44. The SMILES string of the molecule is CN1C2CCC1CC(OCc1ccccc1)C2. The van der Waals surface area contributed by atoms with E-state index >= 15 is 0 Å². The topological polar surface area (TPSA) is 12.5 Å². The Morgan fingerprint density at radius 1 is 1.12 bits per heavy atom. The minimum Gasteiger partial charge on any atom is -0.373 e. The quantitative estimate of drug-likeness (QED) is 0.793. The molecule has 0 spiro atoms. The first-order valence-electron chi connectivity index (χ1n) is 6.70. The summed E-state index contributed by atoms with van der Waals surface area (Å²) < 4.78 is 6.07. The van der Waals surface area contributed by atoms with Gasteiger partial charge in [0, 0.05) is 12.1 Å². The van der Waals surface area contributed by atoms with E-state index in [1.54, 1.807) is 0 Å². The van der Waals surface area contributed by atoms with E-state index in [2.05, 4.69) is 42.3 Å². The molecule has 0 aliphatic carbocycles. The van der Waals surface area contributed by atoms with Crippen LogP contribution in [0.25, 0.3) is 0 Å². The summed E-state index contributed by atoms with van der Waals surface area (Å²) in [5, 5.41) is 0. The van der Waals surface area contributed by atoms with Crippen LogP contribution in [-0.2, 0) is 11.3 Å². The van der Waals surface area contributed by atoms with Crippen LogP contribution in [0.5, 0.6) is 0 Å². The summed E-state index contributed by atoms with van der Waals surface area (Å²) >= 11 is 0. The number of benzene rings is 1. The van der Waals surface area contributed by atoms with Gasteiger partial charge in [-0.2, -0.15) is 0 Å². The maximum absolute atomic E-state index is 6.07. The van der Waals surface area contributed by atoms with Crippen molar-refractivity contribution in [2.24, 2.45) is 0 Å². The Morgan fingerprint density at radius 3 is 2.41 bits per heavy atom. The largest absolute Gasteiger partial charge is 0.373 e. The second kappa shape index (κ2) is 4.79. The molecule has 2 atom stereocenters. The molecule has 2 heterocycles. The van der Waals surface area contributed by atoms with E-state index in [1.165, 1.54) is 31.2 Å². The third-order valence-corrected chi connectivity index (χ3v) is 4.38. The summed E-state index contributed by atoms with van der Waals surface area (Å²) in [5.41, 5.74) is 1.29. The van der Waals surface area contributed by atoms with Gasteiger partial charge >= 0.3 is 0 Å². The Morgan fingerprint density at radius 2 is 1.76 bits per heavy atom. The van der Waals surface area contributed by atoms with Crippen LogP contribution in [0, 0.1) is 0 Å². The zero-order chi connectivity index (χ0) is 11.7. The summed E-state index contributed by atoms with van der Waals surface area (Å²) in [6, 6.07) is 12.0. The van der Waals surface area contributed by atoms with Crippen LogP contribution in [0.1, 0.15) is 31.2 Å². The summed E-state index contributed by atoms with van der Waals surface area (Å²) in [7, 11) is 2.27. The monoisotopic (exact) mass is 231 g/mol.